The lowest BCUT2D eigenvalue weighted by Gasteiger charge is -2.26. The van der Waals surface area contributed by atoms with E-state index in [4.69, 9.17) is 0 Å². The fraction of sp³-hybridized carbons (Fsp3) is 0.375. The lowest BCUT2D eigenvalue weighted by atomic mass is 9.91. The lowest BCUT2D eigenvalue weighted by molar-refractivity contribution is -0.572. The second-order valence-electron chi connectivity index (χ2n) is 13.2. The molecule has 0 aromatic heterocycles. The van der Waals surface area contributed by atoms with Crippen molar-refractivity contribution in [2.75, 3.05) is 23.9 Å². The number of carboxylic acid groups (broad SMARTS) is 2. The summed E-state index contributed by atoms with van der Waals surface area (Å²) in [6.07, 6.45) is -0.925. The van der Waals surface area contributed by atoms with E-state index in [1.54, 1.807) is 27.0 Å². The minimum absolute atomic E-state index is 0.0277. The maximum absolute atomic E-state index is 14.1. The van der Waals surface area contributed by atoms with Crippen molar-refractivity contribution in [3.8, 4) is 11.9 Å². The summed E-state index contributed by atoms with van der Waals surface area (Å²) in [6, 6.07) is 4.07. The molecule has 2 aromatic rings. The molecule has 7 N–H and O–H groups in total. The molecule has 2 aromatic carbocycles. The summed E-state index contributed by atoms with van der Waals surface area (Å²) in [4.78, 5) is 88.7. The Morgan fingerprint density at radius 2 is 1.61 bits per heavy atom. The number of carbonyl (C=O) groups excluding carboxylic acids is 2. The predicted octanol–water partition coefficient (Wildman–Crippen LogP) is 2.27. The molecule has 2 amide bonds. The van der Waals surface area contributed by atoms with E-state index in [1.165, 1.54) is 24.3 Å². The Hall–Kier alpha value is -7.03. The van der Waals surface area contributed by atoms with Crippen molar-refractivity contribution in [2.45, 2.75) is 51.9 Å². The van der Waals surface area contributed by atoms with Gasteiger partial charge in [-0.3, -0.25) is 35.1 Å². The summed E-state index contributed by atoms with van der Waals surface area (Å²) in [5.41, 5.74) is -4.52. The first-order valence-electron chi connectivity index (χ1n) is 16.2. The molecule has 3 unspecified atom stereocenters. The van der Waals surface area contributed by atoms with Crippen molar-refractivity contribution in [3.05, 3.63) is 89.3 Å². The van der Waals surface area contributed by atoms with Gasteiger partial charge in [0.25, 0.3) is 5.91 Å². The number of amides is 2. The molecule has 0 saturated carbocycles. The molecule has 56 heavy (non-hydrogen) atoms. The van der Waals surface area contributed by atoms with E-state index >= 15 is 0 Å². The Balaban J connectivity index is 2.13. The molecule has 0 saturated heterocycles. The van der Waals surface area contributed by atoms with Crippen molar-refractivity contribution < 1.29 is 49.3 Å². The zero-order valence-corrected chi connectivity index (χ0v) is 30.9. The number of guanidine groups is 1. The standard InChI is InChI=1S/C32H36N10O13S/c1-32(2,3)13-22(44)36-21(30(48)49)14-56-12-11-20(29(46)47)37-26(45)24-19(38-31(34-15-33)35-16-5-7-17(43)8-6-16)10-9-18-23(24)25(40(50)51)28(42(54)55)39(4)27(18)41(52)53/h5-10,20-21,27,43H,11-14H2,1-4H3,(H,36,44)(H,37,45)(H,46,47)(H,48,49)(H2,34,35,38). The number of hydrogen-bond acceptors (Lipinski definition) is 15. The monoisotopic (exact) mass is 800 g/mol. The van der Waals surface area contributed by atoms with Gasteiger partial charge in [0.15, 0.2) is 6.19 Å². The maximum Gasteiger partial charge on any atom is 0.403 e. The van der Waals surface area contributed by atoms with E-state index in [-0.39, 0.29) is 35.8 Å². The molecule has 0 aliphatic carbocycles. The topological polar surface area (TPSA) is 346 Å². The third kappa shape index (κ3) is 11.0. The SMILES string of the molecule is CN1C([N+](=O)[O-])=C([N+](=O)[O-])c2c(ccc(N=C(NC#N)Nc3ccc(O)cc3)c2C(=O)NC(CCSCC(NC(=O)CC(C)(C)C)C(=O)O)C(=O)O)C1[N+](=O)[O-]. The number of aliphatic carboxylic acids is 2. The number of aromatic hydroxyl groups is 1. The van der Waals surface area contributed by atoms with E-state index in [0.29, 0.717) is 4.90 Å². The van der Waals surface area contributed by atoms with Crippen LogP contribution in [0.5, 0.6) is 5.75 Å². The molecule has 298 valence electrons. The van der Waals surface area contributed by atoms with Gasteiger partial charge >= 0.3 is 29.6 Å². The number of nitrogens with one attached hydrogen (secondary N) is 4. The lowest BCUT2D eigenvalue weighted by Crippen LogP contribution is -2.44. The number of benzene rings is 2. The Kier molecular flexibility index (Phi) is 14.2. The van der Waals surface area contributed by atoms with Crippen LogP contribution in [-0.2, 0) is 14.4 Å². The number of nitriles is 1. The van der Waals surface area contributed by atoms with E-state index in [9.17, 15) is 70.1 Å². The van der Waals surface area contributed by atoms with Crippen molar-refractivity contribution in [1.29, 1.82) is 5.26 Å². The maximum atomic E-state index is 14.1. The van der Waals surface area contributed by atoms with Gasteiger partial charge in [0, 0.05) is 17.9 Å². The number of rotatable bonds is 16. The Morgan fingerprint density at radius 3 is 2.12 bits per heavy atom. The molecule has 1 aliphatic heterocycles. The Bertz CT molecular complexity index is 2030. The molecular weight excluding hydrogens is 764 g/mol. The van der Waals surface area contributed by atoms with Crippen molar-refractivity contribution in [1.82, 2.24) is 20.9 Å². The summed E-state index contributed by atoms with van der Waals surface area (Å²) in [6.45, 7) is 5.34. The molecule has 23 nitrogen and oxygen atoms in total. The number of thioether (sulfide) groups is 1. The van der Waals surface area contributed by atoms with Crippen LogP contribution in [0.15, 0.2) is 47.2 Å². The van der Waals surface area contributed by atoms with Gasteiger partial charge in [0.1, 0.15) is 17.8 Å². The van der Waals surface area contributed by atoms with Crippen LogP contribution >= 0.6 is 11.8 Å². The average molecular weight is 801 g/mol. The smallest absolute Gasteiger partial charge is 0.403 e. The van der Waals surface area contributed by atoms with Crippen molar-refractivity contribution in [2.24, 2.45) is 10.4 Å². The number of phenols is 1. The van der Waals surface area contributed by atoms with E-state index in [0.717, 1.165) is 30.9 Å². The molecule has 3 atom stereocenters. The average Bonchev–Trinajstić information content (AvgIpc) is 3.07. The fourth-order valence-electron chi connectivity index (χ4n) is 5.38. The molecule has 0 radical (unpaired) electrons. The second kappa shape index (κ2) is 18.3. The number of nitro groups is 3. The van der Waals surface area contributed by atoms with Gasteiger partial charge in [-0.25, -0.2) is 14.6 Å². The summed E-state index contributed by atoms with van der Waals surface area (Å²) < 4.78 is 0. The first kappa shape index (κ1) is 43.4. The van der Waals surface area contributed by atoms with E-state index < -0.39 is 102 Å². The van der Waals surface area contributed by atoms with Gasteiger partial charge < -0.3 is 41.4 Å². The number of phenolic OH excluding ortho intramolecular Hbond substituents is 1. The Labute approximate surface area is 320 Å². The number of carbonyl (C=O) groups is 4. The van der Waals surface area contributed by atoms with Crippen LogP contribution in [0.4, 0.5) is 11.4 Å². The predicted molar refractivity (Wildman–Crippen MR) is 197 cm³/mol. The van der Waals surface area contributed by atoms with E-state index in [1.807, 2.05) is 0 Å². The molecule has 0 bridgehead atoms. The number of nitrogens with zero attached hydrogens (tertiary/aromatic N) is 6. The minimum Gasteiger partial charge on any atom is -0.508 e. The van der Waals surface area contributed by atoms with Crippen LogP contribution in [0.3, 0.4) is 0 Å². The number of aliphatic imine (C=N–C) groups is 1. The van der Waals surface area contributed by atoms with Gasteiger partial charge in [-0.05, 0) is 58.9 Å². The van der Waals surface area contributed by atoms with Crippen LogP contribution in [0.25, 0.3) is 5.70 Å². The van der Waals surface area contributed by atoms with Crippen LogP contribution < -0.4 is 21.3 Å². The molecule has 3 rings (SSSR count). The highest BCUT2D eigenvalue weighted by Crippen LogP contribution is 2.43. The third-order valence-corrected chi connectivity index (χ3v) is 8.82. The van der Waals surface area contributed by atoms with Gasteiger partial charge in [0.2, 0.25) is 11.9 Å². The molecule has 0 fully saturated rings. The highest BCUT2D eigenvalue weighted by atomic mass is 32.2. The number of anilines is 1. The fourth-order valence-corrected chi connectivity index (χ4v) is 6.41. The van der Waals surface area contributed by atoms with E-state index in [2.05, 4.69) is 26.3 Å². The zero-order chi connectivity index (χ0) is 42.1. The number of fused-ring (bicyclic) bond motifs is 1. The second-order valence-corrected chi connectivity index (χ2v) is 14.3. The van der Waals surface area contributed by atoms with Gasteiger partial charge in [-0.15, -0.1) is 0 Å². The zero-order valence-electron chi connectivity index (χ0n) is 30.0. The Morgan fingerprint density at radius 1 is 0.982 bits per heavy atom. The number of hydrogen-bond donors (Lipinski definition) is 7. The first-order valence-corrected chi connectivity index (χ1v) is 17.3. The normalized spacial score (nSPS) is 15.0. The van der Waals surface area contributed by atoms with Crippen molar-refractivity contribution >= 4 is 58.5 Å². The van der Waals surface area contributed by atoms with Crippen LogP contribution in [0.1, 0.15) is 61.3 Å². The molecule has 24 heteroatoms. The highest BCUT2D eigenvalue weighted by molar-refractivity contribution is 7.99. The number of carboxylic acids is 2. The summed E-state index contributed by atoms with van der Waals surface area (Å²) in [7, 11) is 0.865. The van der Waals surface area contributed by atoms with Gasteiger partial charge in [-0.1, -0.05) is 20.8 Å². The quantitative estimate of drug-likeness (QED) is 0.0187. The van der Waals surface area contributed by atoms with Gasteiger partial charge in [-0.2, -0.15) is 21.9 Å². The summed E-state index contributed by atoms with van der Waals surface area (Å²) >= 11 is 0.924. The molecule has 1 heterocycles. The van der Waals surface area contributed by atoms with Crippen LogP contribution in [0.2, 0.25) is 0 Å². The van der Waals surface area contributed by atoms with Crippen LogP contribution in [0, 0.1) is 47.2 Å². The third-order valence-electron chi connectivity index (χ3n) is 7.73. The molecule has 0 spiro atoms. The molecular formula is C32H36N10O13S. The minimum atomic E-state index is -2.15. The van der Waals surface area contributed by atoms with Crippen LogP contribution in [-0.4, -0.2) is 95.3 Å². The molecule has 1 aliphatic rings. The summed E-state index contributed by atoms with van der Waals surface area (Å²) in [5.74, 6) is -7.17. The first-order chi connectivity index (χ1) is 26.2. The van der Waals surface area contributed by atoms with Crippen molar-refractivity contribution in [3.63, 3.8) is 0 Å². The summed E-state index contributed by atoms with van der Waals surface area (Å²) in [5, 5.41) is 85.0. The van der Waals surface area contributed by atoms with Gasteiger partial charge in [0.05, 0.1) is 39.3 Å². The highest BCUT2D eigenvalue weighted by Gasteiger charge is 2.53. The largest absolute Gasteiger partial charge is 0.508 e.